The molecule has 4 rings (SSSR count). The minimum absolute atomic E-state index is 0.317. The number of fused-ring (bicyclic) bond motifs is 2. The van der Waals surface area contributed by atoms with Crippen LogP contribution in [0.3, 0.4) is 0 Å². The normalized spacial score (nSPS) is 20.1. The van der Waals surface area contributed by atoms with Gasteiger partial charge in [0.2, 0.25) is 5.91 Å². The molecule has 1 atom stereocenters. The Kier molecular flexibility index (Phi) is 5.23. The number of imide groups is 1. The van der Waals surface area contributed by atoms with Gasteiger partial charge in [-0.2, -0.15) is 0 Å². The zero-order chi connectivity index (χ0) is 20.6. The number of urea groups is 1. The summed E-state index contributed by atoms with van der Waals surface area (Å²) in [6.07, 6.45) is 1.73. The molecule has 1 spiro atoms. The summed E-state index contributed by atoms with van der Waals surface area (Å²) in [5, 5.41) is 6.62. The number of nitrogens with one attached hydrogen (secondary N) is 2. The standard InChI is InChI=1S/C21H19Cl2N3O3/c22-15-6-5-14(17(23)11-15)8-10-24-18(27)12-26-19(28)21(25-20(26)29)9-7-13-3-1-2-4-16(13)21/h1-6,11H,7-10,12H2,(H,24,27)(H,25,29)/t21-/m1/s1. The average Bonchev–Trinajstić information content (AvgIpc) is 3.17. The summed E-state index contributed by atoms with van der Waals surface area (Å²) in [7, 11) is 0. The molecule has 1 aliphatic heterocycles. The fraction of sp³-hybridized carbons (Fsp3) is 0.286. The number of benzene rings is 2. The van der Waals surface area contributed by atoms with E-state index in [4.69, 9.17) is 23.2 Å². The van der Waals surface area contributed by atoms with Crippen LogP contribution in [0.5, 0.6) is 0 Å². The number of nitrogens with zero attached hydrogens (tertiary/aromatic N) is 1. The van der Waals surface area contributed by atoms with E-state index in [1.165, 1.54) is 0 Å². The van der Waals surface area contributed by atoms with Gasteiger partial charge in [-0.05, 0) is 48.1 Å². The molecule has 2 aromatic rings. The Morgan fingerprint density at radius 1 is 1.17 bits per heavy atom. The topological polar surface area (TPSA) is 78.5 Å². The molecule has 6 nitrogen and oxygen atoms in total. The molecule has 29 heavy (non-hydrogen) atoms. The second-order valence-electron chi connectivity index (χ2n) is 7.22. The Morgan fingerprint density at radius 2 is 1.97 bits per heavy atom. The van der Waals surface area contributed by atoms with E-state index < -0.39 is 17.5 Å². The van der Waals surface area contributed by atoms with Gasteiger partial charge in [0.15, 0.2) is 0 Å². The molecule has 0 saturated carbocycles. The third kappa shape index (κ3) is 3.58. The maximum absolute atomic E-state index is 13.0. The zero-order valence-electron chi connectivity index (χ0n) is 15.5. The van der Waals surface area contributed by atoms with Crippen LogP contribution in [-0.4, -0.2) is 35.8 Å². The largest absolute Gasteiger partial charge is 0.354 e. The van der Waals surface area contributed by atoms with Crippen LogP contribution in [-0.2, 0) is 28.0 Å². The van der Waals surface area contributed by atoms with Crippen molar-refractivity contribution in [2.24, 2.45) is 0 Å². The third-order valence-corrected chi connectivity index (χ3v) is 6.04. The van der Waals surface area contributed by atoms with E-state index in [2.05, 4.69) is 10.6 Å². The van der Waals surface area contributed by atoms with Crippen molar-refractivity contribution in [1.82, 2.24) is 15.5 Å². The summed E-state index contributed by atoms with van der Waals surface area (Å²) in [4.78, 5) is 38.8. The molecule has 1 fully saturated rings. The van der Waals surface area contributed by atoms with E-state index in [1.807, 2.05) is 24.3 Å². The first-order valence-corrected chi connectivity index (χ1v) is 10.1. The number of rotatable bonds is 5. The highest BCUT2D eigenvalue weighted by Gasteiger charge is 2.55. The van der Waals surface area contributed by atoms with Gasteiger partial charge in [-0.1, -0.05) is 53.5 Å². The fourth-order valence-corrected chi connectivity index (χ4v) is 4.50. The number of amides is 4. The van der Waals surface area contributed by atoms with Crippen LogP contribution in [0.25, 0.3) is 0 Å². The van der Waals surface area contributed by atoms with Gasteiger partial charge in [0.05, 0.1) is 0 Å². The molecule has 0 unspecified atom stereocenters. The minimum atomic E-state index is -1.05. The Balaban J connectivity index is 1.38. The number of halogens is 2. The van der Waals surface area contributed by atoms with Crippen LogP contribution >= 0.6 is 23.2 Å². The molecular formula is C21H19Cl2N3O3. The minimum Gasteiger partial charge on any atom is -0.354 e. The lowest BCUT2D eigenvalue weighted by atomic mass is 9.92. The van der Waals surface area contributed by atoms with E-state index in [1.54, 1.807) is 18.2 Å². The monoisotopic (exact) mass is 431 g/mol. The molecule has 2 N–H and O–H groups in total. The lowest BCUT2D eigenvalue weighted by Crippen LogP contribution is -2.44. The average molecular weight is 432 g/mol. The van der Waals surface area contributed by atoms with Gasteiger partial charge in [0.1, 0.15) is 12.1 Å². The lowest BCUT2D eigenvalue weighted by Gasteiger charge is -2.22. The molecule has 0 bridgehead atoms. The number of carbonyl (C=O) groups excluding carboxylic acids is 3. The van der Waals surface area contributed by atoms with Crippen LogP contribution in [0, 0.1) is 0 Å². The smallest absolute Gasteiger partial charge is 0.325 e. The summed E-state index contributed by atoms with van der Waals surface area (Å²) < 4.78 is 0. The first-order valence-electron chi connectivity index (χ1n) is 9.34. The Hall–Kier alpha value is -2.57. The molecule has 8 heteroatoms. The van der Waals surface area contributed by atoms with E-state index >= 15 is 0 Å². The summed E-state index contributed by atoms with van der Waals surface area (Å²) in [6.45, 7) is 0.0146. The third-order valence-electron chi connectivity index (χ3n) is 5.46. The van der Waals surface area contributed by atoms with Gasteiger partial charge >= 0.3 is 6.03 Å². The van der Waals surface area contributed by atoms with Crippen molar-refractivity contribution in [1.29, 1.82) is 0 Å². The second-order valence-corrected chi connectivity index (χ2v) is 8.06. The van der Waals surface area contributed by atoms with Crippen LogP contribution in [0.15, 0.2) is 42.5 Å². The molecular weight excluding hydrogens is 413 g/mol. The van der Waals surface area contributed by atoms with Crippen molar-refractivity contribution >= 4 is 41.0 Å². The van der Waals surface area contributed by atoms with E-state index in [-0.39, 0.29) is 12.5 Å². The number of hydrogen-bond donors (Lipinski definition) is 2. The molecule has 1 aliphatic carbocycles. The molecule has 0 radical (unpaired) electrons. The number of aryl methyl sites for hydroxylation is 1. The van der Waals surface area contributed by atoms with Crippen molar-refractivity contribution in [3.63, 3.8) is 0 Å². The van der Waals surface area contributed by atoms with Gasteiger partial charge in [-0.15, -0.1) is 0 Å². The highest BCUT2D eigenvalue weighted by Crippen LogP contribution is 2.41. The number of carbonyl (C=O) groups is 3. The Labute approximate surface area is 178 Å². The molecule has 2 aromatic carbocycles. The molecule has 1 saturated heterocycles. The maximum Gasteiger partial charge on any atom is 0.325 e. The van der Waals surface area contributed by atoms with Gasteiger partial charge in [0.25, 0.3) is 5.91 Å². The molecule has 150 valence electrons. The highest BCUT2D eigenvalue weighted by atomic mass is 35.5. The first kappa shape index (κ1) is 19.7. The summed E-state index contributed by atoms with van der Waals surface area (Å²) in [5.41, 5.74) is 1.67. The van der Waals surface area contributed by atoms with Gasteiger partial charge < -0.3 is 10.6 Å². The van der Waals surface area contributed by atoms with Crippen LogP contribution < -0.4 is 10.6 Å². The lowest BCUT2D eigenvalue weighted by molar-refractivity contribution is -0.135. The highest BCUT2D eigenvalue weighted by molar-refractivity contribution is 6.35. The van der Waals surface area contributed by atoms with E-state index in [0.29, 0.717) is 35.9 Å². The van der Waals surface area contributed by atoms with E-state index in [9.17, 15) is 14.4 Å². The first-order chi connectivity index (χ1) is 13.9. The van der Waals surface area contributed by atoms with Gasteiger partial charge in [-0.3, -0.25) is 14.5 Å². The Bertz CT molecular complexity index is 1010. The predicted octanol–water partition coefficient (Wildman–Crippen LogP) is 3.05. The van der Waals surface area contributed by atoms with Crippen LogP contribution in [0.4, 0.5) is 4.79 Å². The summed E-state index contributed by atoms with van der Waals surface area (Å²) >= 11 is 12.0. The predicted molar refractivity (Wildman–Crippen MR) is 110 cm³/mol. The zero-order valence-corrected chi connectivity index (χ0v) is 17.0. The van der Waals surface area contributed by atoms with Crippen molar-refractivity contribution in [3.8, 4) is 0 Å². The molecule has 4 amide bonds. The summed E-state index contributed by atoms with van der Waals surface area (Å²) in [6, 6.07) is 12.2. The molecule has 2 aliphatic rings. The van der Waals surface area contributed by atoms with Crippen LogP contribution in [0.2, 0.25) is 10.0 Å². The SMILES string of the molecule is O=C(CN1C(=O)N[C@@]2(CCc3ccccc32)C1=O)NCCc1ccc(Cl)cc1Cl. The van der Waals surface area contributed by atoms with Crippen molar-refractivity contribution < 1.29 is 14.4 Å². The quantitative estimate of drug-likeness (QED) is 0.713. The van der Waals surface area contributed by atoms with Crippen LogP contribution in [0.1, 0.15) is 23.1 Å². The fourth-order valence-electron chi connectivity index (χ4n) is 3.99. The van der Waals surface area contributed by atoms with E-state index in [0.717, 1.165) is 21.6 Å². The van der Waals surface area contributed by atoms with Crippen molar-refractivity contribution in [2.75, 3.05) is 13.1 Å². The molecule has 0 aromatic heterocycles. The van der Waals surface area contributed by atoms with Crippen molar-refractivity contribution in [3.05, 3.63) is 69.2 Å². The second kappa shape index (κ2) is 7.69. The van der Waals surface area contributed by atoms with Crippen molar-refractivity contribution in [2.45, 2.75) is 24.8 Å². The number of hydrogen-bond acceptors (Lipinski definition) is 3. The Morgan fingerprint density at radius 3 is 2.76 bits per heavy atom. The maximum atomic E-state index is 13.0. The summed E-state index contributed by atoms with van der Waals surface area (Å²) in [5.74, 6) is -0.773. The van der Waals surface area contributed by atoms with Gasteiger partial charge in [0, 0.05) is 16.6 Å². The van der Waals surface area contributed by atoms with Gasteiger partial charge in [-0.25, -0.2) is 4.79 Å². The molecule has 1 heterocycles.